The van der Waals surface area contributed by atoms with E-state index in [1.54, 1.807) is 36.4 Å². The van der Waals surface area contributed by atoms with Crippen LogP contribution in [0.3, 0.4) is 0 Å². The van der Waals surface area contributed by atoms with Gasteiger partial charge in [-0.15, -0.1) is 0 Å². The van der Waals surface area contributed by atoms with Gasteiger partial charge in [0.15, 0.2) is 0 Å². The van der Waals surface area contributed by atoms with E-state index < -0.39 is 0 Å². The molecule has 84 valence electrons. The first-order chi connectivity index (χ1) is 8.19. The highest BCUT2D eigenvalue weighted by molar-refractivity contribution is 6.30. The molecule has 0 N–H and O–H groups in total. The molecule has 0 unspecified atom stereocenters. The number of nitrogens with zero attached hydrogens (tertiary/aromatic N) is 1. The Morgan fingerprint density at radius 1 is 1.12 bits per heavy atom. The Kier molecular flexibility index (Phi) is 3.32. The number of halogens is 1. The standard InChI is InChI=1S/C14H10ClNO/c1-10-2-7-14(11(8-10)9-16)17-13-5-3-12(15)4-6-13/h2-8H,1H3. The maximum absolute atomic E-state index is 9.01. The van der Waals surface area contributed by atoms with Crippen molar-refractivity contribution < 1.29 is 4.74 Å². The molecule has 17 heavy (non-hydrogen) atoms. The number of aryl methyl sites for hydroxylation is 1. The zero-order chi connectivity index (χ0) is 12.3. The summed E-state index contributed by atoms with van der Waals surface area (Å²) in [4.78, 5) is 0. The fourth-order valence-corrected chi connectivity index (χ4v) is 1.58. The molecule has 0 fully saturated rings. The van der Waals surface area contributed by atoms with Crippen LogP contribution >= 0.6 is 11.6 Å². The van der Waals surface area contributed by atoms with E-state index >= 15 is 0 Å². The Morgan fingerprint density at radius 2 is 1.82 bits per heavy atom. The van der Waals surface area contributed by atoms with Crippen LogP contribution in [0.2, 0.25) is 5.02 Å². The summed E-state index contributed by atoms with van der Waals surface area (Å²) in [6.07, 6.45) is 0. The summed E-state index contributed by atoms with van der Waals surface area (Å²) in [6, 6.07) is 14.6. The van der Waals surface area contributed by atoms with Crippen LogP contribution in [-0.4, -0.2) is 0 Å². The maximum Gasteiger partial charge on any atom is 0.145 e. The van der Waals surface area contributed by atoms with Gasteiger partial charge in [-0.2, -0.15) is 5.26 Å². The molecule has 2 nitrogen and oxygen atoms in total. The van der Waals surface area contributed by atoms with Crippen molar-refractivity contribution in [1.29, 1.82) is 5.26 Å². The molecule has 0 aromatic heterocycles. The second-order valence-corrected chi connectivity index (χ2v) is 4.10. The van der Waals surface area contributed by atoms with Gasteiger partial charge < -0.3 is 4.74 Å². The molecule has 2 rings (SSSR count). The second kappa shape index (κ2) is 4.90. The van der Waals surface area contributed by atoms with E-state index in [-0.39, 0.29) is 0 Å². The first-order valence-corrected chi connectivity index (χ1v) is 5.51. The molecular weight excluding hydrogens is 234 g/mol. The van der Waals surface area contributed by atoms with Gasteiger partial charge in [-0.3, -0.25) is 0 Å². The maximum atomic E-state index is 9.01. The van der Waals surface area contributed by atoms with Gasteiger partial charge in [0.25, 0.3) is 0 Å². The average molecular weight is 244 g/mol. The molecule has 2 aromatic rings. The highest BCUT2D eigenvalue weighted by Crippen LogP contribution is 2.26. The lowest BCUT2D eigenvalue weighted by molar-refractivity contribution is 0.481. The number of ether oxygens (including phenoxy) is 1. The van der Waals surface area contributed by atoms with Crippen molar-refractivity contribution in [2.24, 2.45) is 0 Å². The van der Waals surface area contributed by atoms with Crippen LogP contribution in [0.4, 0.5) is 0 Å². The SMILES string of the molecule is Cc1ccc(Oc2ccc(Cl)cc2)c(C#N)c1. The first kappa shape index (κ1) is 11.5. The lowest BCUT2D eigenvalue weighted by Crippen LogP contribution is -1.88. The monoisotopic (exact) mass is 243 g/mol. The highest BCUT2D eigenvalue weighted by atomic mass is 35.5. The fraction of sp³-hybridized carbons (Fsp3) is 0.0714. The Hall–Kier alpha value is -1.98. The normalized spacial score (nSPS) is 9.71. The fourth-order valence-electron chi connectivity index (χ4n) is 1.45. The van der Waals surface area contributed by atoms with Crippen molar-refractivity contribution in [3.63, 3.8) is 0 Å². The smallest absolute Gasteiger partial charge is 0.145 e. The molecule has 0 bridgehead atoms. The minimum atomic E-state index is 0.528. The van der Waals surface area contributed by atoms with E-state index in [1.807, 2.05) is 13.0 Å². The topological polar surface area (TPSA) is 33.0 Å². The van der Waals surface area contributed by atoms with Gasteiger partial charge in [-0.1, -0.05) is 17.7 Å². The van der Waals surface area contributed by atoms with Gasteiger partial charge in [0, 0.05) is 5.02 Å². The summed E-state index contributed by atoms with van der Waals surface area (Å²) >= 11 is 5.79. The van der Waals surface area contributed by atoms with Gasteiger partial charge in [0.2, 0.25) is 0 Å². The molecule has 0 heterocycles. The lowest BCUT2D eigenvalue weighted by Gasteiger charge is -2.07. The third-order valence-corrected chi connectivity index (χ3v) is 2.55. The molecule has 0 atom stereocenters. The number of hydrogen-bond acceptors (Lipinski definition) is 2. The number of benzene rings is 2. The van der Waals surface area contributed by atoms with Crippen LogP contribution in [0.25, 0.3) is 0 Å². The second-order valence-electron chi connectivity index (χ2n) is 3.67. The lowest BCUT2D eigenvalue weighted by atomic mass is 10.1. The van der Waals surface area contributed by atoms with E-state index in [2.05, 4.69) is 6.07 Å². The van der Waals surface area contributed by atoms with Gasteiger partial charge in [-0.25, -0.2) is 0 Å². The van der Waals surface area contributed by atoms with Crippen molar-refractivity contribution in [2.45, 2.75) is 6.92 Å². The van der Waals surface area contributed by atoms with E-state index in [4.69, 9.17) is 21.6 Å². The molecule has 3 heteroatoms. The van der Waals surface area contributed by atoms with Gasteiger partial charge in [0.1, 0.15) is 17.6 Å². The average Bonchev–Trinajstić information content (AvgIpc) is 2.34. The summed E-state index contributed by atoms with van der Waals surface area (Å²) in [5.41, 5.74) is 1.56. The van der Waals surface area contributed by atoms with Crippen molar-refractivity contribution in [1.82, 2.24) is 0 Å². The molecule has 0 spiro atoms. The summed E-state index contributed by atoms with van der Waals surface area (Å²) in [5, 5.41) is 9.67. The number of rotatable bonds is 2. The third-order valence-electron chi connectivity index (χ3n) is 2.30. The van der Waals surface area contributed by atoms with Crippen molar-refractivity contribution in [3.8, 4) is 17.6 Å². The van der Waals surface area contributed by atoms with E-state index in [9.17, 15) is 0 Å². The quantitative estimate of drug-likeness (QED) is 0.787. The molecule has 0 aliphatic heterocycles. The highest BCUT2D eigenvalue weighted by Gasteiger charge is 2.04. The third kappa shape index (κ3) is 2.77. The van der Waals surface area contributed by atoms with Crippen molar-refractivity contribution >= 4 is 11.6 Å². The first-order valence-electron chi connectivity index (χ1n) is 5.13. The minimum Gasteiger partial charge on any atom is -0.456 e. The molecule has 0 amide bonds. The predicted octanol–water partition coefficient (Wildman–Crippen LogP) is 4.31. The van der Waals surface area contributed by atoms with Gasteiger partial charge >= 0.3 is 0 Å². The molecule has 0 aliphatic carbocycles. The molecule has 0 saturated heterocycles. The minimum absolute atomic E-state index is 0.528. The van der Waals surface area contributed by atoms with Gasteiger partial charge in [-0.05, 0) is 48.9 Å². The van der Waals surface area contributed by atoms with Crippen LogP contribution in [0.5, 0.6) is 11.5 Å². The Bertz CT molecular complexity index is 570. The summed E-state index contributed by atoms with van der Waals surface area (Å²) in [7, 11) is 0. The van der Waals surface area contributed by atoms with Crippen LogP contribution in [-0.2, 0) is 0 Å². The van der Waals surface area contributed by atoms with E-state index in [0.29, 0.717) is 22.1 Å². The van der Waals surface area contributed by atoms with Crippen molar-refractivity contribution in [3.05, 3.63) is 58.6 Å². The molecule has 0 aliphatic rings. The Labute approximate surface area is 105 Å². The van der Waals surface area contributed by atoms with Crippen molar-refractivity contribution in [2.75, 3.05) is 0 Å². The predicted molar refractivity (Wildman–Crippen MR) is 67.4 cm³/mol. The molecule has 2 aromatic carbocycles. The number of nitriles is 1. The van der Waals surface area contributed by atoms with Crippen LogP contribution < -0.4 is 4.74 Å². The van der Waals surface area contributed by atoms with E-state index in [0.717, 1.165) is 5.56 Å². The molecule has 0 saturated carbocycles. The number of hydrogen-bond donors (Lipinski definition) is 0. The van der Waals surface area contributed by atoms with Gasteiger partial charge in [0.05, 0.1) is 5.56 Å². The molecule has 0 radical (unpaired) electrons. The summed E-state index contributed by atoms with van der Waals surface area (Å²) < 4.78 is 5.63. The zero-order valence-electron chi connectivity index (χ0n) is 9.27. The Balaban J connectivity index is 2.30. The summed E-state index contributed by atoms with van der Waals surface area (Å²) in [6.45, 7) is 1.94. The van der Waals surface area contributed by atoms with Crippen LogP contribution in [0.1, 0.15) is 11.1 Å². The van der Waals surface area contributed by atoms with Crippen LogP contribution in [0.15, 0.2) is 42.5 Å². The van der Waals surface area contributed by atoms with Crippen LogP contribution in [0, 0.1) is 18.3 Å². The summed E-state index contributed by atoms with van der Waals surface area (Å²) in [5.74, 6) is 1.22. The van der Waals surface area contributed by atoms with E-state index in [1.165, 1.54) is 0 Å². The Morgan fingerprint density at radius 3 is 2.47 bits per heavy atom. The largest absolute Gasteiger partial charge is 0.456 e. The molecular formula is C14H10ClNO. The zero-order valence-corrected chi connectivity index (χ0v) is 10.0.